The Labute approximate surface area is 178 Å². The van der Waals surface area contributed by atoms with Crippen molar-refractivity contribution < 1.29 is 4.74 Å². The van der Waals surface area contributed by atoms with Crippen LogP contribution in [0.2, 0.25) is 0 Å². The highest BCUT2D eigenvalue weighted by Crippen LogP contribution is 2.20. The zero-order valence-corrected chi connectivity index (χ0v) is 18.2. The van der Waals surface area contributed by atoms with Crippen molar-refractivity contribution in [1.29, 1.82) is 0 Å². The zero-order chi connectivity index (χ0) is 18.4. The second kappa shape index (κ2) is 10.5. The molecule has 6 nitrogen and oxygen atoms in total. The molecule has 0 atom stereocenters. The summed E-state index contributed by atoms with van der Waals surface area (Å²) in [4.78, 5) is 11.3. The van der Waals surface area contributed by atoms with Crippen molar-refractivity contribution in [2.24, 2.45) is 10.7 Å². The highest BCUT2D eigenvalue weighted by Gasteiger charge is 2.15. The Morgan fingerprint density at radius 1 is 1.26 bits per heavy atom. The zero-order valence-electron chi connectivity index (χ0n) is 15.9. The number of nitrogens with zero attached hydrogens (tertiary/aromatic N) is 3. The van der Waals surface area contributed by atoms with E-state index in [1.54, 1.807) is 0 Å². The predicted octanol–water partition coefficient (Wildman–Crippen LogP) is 3.59. The lowest BCUT2D eigenvalue weighted by atomic mass is 10.0. The Kier molecular flexibility index (Phi) is 8.30. The molecule has 1 aromatic heterocycles. The van der Waals surface area contributed by atoms with E-state index >= 15 is 0 Å². The van der Waals surface area contributed by atoms with Crippen molar-refractivity contribution in [2.45, 2.75) is 26.3 Å². The Bertz CT molecular complexity index is 760. The van der Waals surface area contributed by atoms with E-state index in [9.17, 15) is 0 Å². The Hall–Kier alpha value is -1.87. The third-order valence-corrected chi connectivity index (χ3v) is 4.42. The normalized spacial score (nSPS) is 14.8. The smallest absolute Gasteiger partial charge is 0.193 e. The number of nitrogens with two attached hydrogens (primary N) is 1. The van der Waals surface area contributed by atoms with Crippen LogP contribution in [-0.4, -0.2) is 37.2 Å². The van der Waals surface area contributed by atoms with Gasteiger partial charge in [-0.2, -0.15) is 0 Å². The molecule has 1 aliphatic heterocycles. The van der Waals surface area contributed by atoms with Gasteiger partial charge in [0, 0.05) is 30.5 Å². The van der Waals surface area contributed by atoms with Gasteiger partial charge in [0.15, 0.2) is 5.96 Å². The third-order valence-electron chi connectivity index (χ3n) is 4.42. The van der Waals surface area contributed by atoms with E-state index in [0.717, 1.165) is 43.4 Å². The first-order valence-electron chi connectivity index (χ1n) is 9.07. The van der Waals surface area contributed by atoms with Gasteiger partial charge in [-0.15, -0.1) is 24.0 Å². The number of guanidine groups is 1. The van der Waals surface area contributed by atoms with Crippen LogP contribution in [0.25, 0.3) is 0 Å². The topological polar surface area (TPSA) is 75.8 Å². The molecule has 0 radical (unpaired) electrons. The average molecular weight is 481 g/mol. The number of halogens is 1. The Morgan fingerprint density at radius 3 is 2.78 bits per heavy atom. The maximum absolute atomic E-state index is 6.09. The number of nitrogens with one attached hydrogen (secondary N) is 1. The van der Waals surface area contributed by atoms with Gasteiger partial charge in [-0.05, 0) is 29.7 Å². The third kappa shape index (κ3) is 6.07. The maximum Gasteiger partial charge on any atom is 0.193 e. The number of morpholine rings is 1. The second-order valence-corrected chi connectivity index (χ2v) is 6.69. The average Bonchev–Trinajstić information content (AvgIpc) is 2.67. The molecular formula is C20H28IN5O. The minimum absolute atomic E-state index is 0. The molecule has 2 aromatic rings. The number of hydrogen-bond donors (Lipinski definition) is 2. The molecule has 3 N–H and O–H groups in total. The molecule has 0 bridgehead atoms. The van der Waals surface area contributed by atoms with Gasteiger partial charge >= 0.3 is 0 Å². The molecule has 0 spiro atoms. The SMILES string of the molecule is CC(C)c1cccc(NC(N)=NCc2cccnc2N2CCOCC2)c1.I. The number of benzene rings is 1. The van der Waals surface area contributed by atoms with Crippen molar-refractivity contribution >= 4 is 41.4 Å². The molecule has 7 heteroatoms. The molecule has 3 rings (SSSR count). The largest absolute Gasteiger partial charge is 0.378 e. The molecule has 0 aliphatic carbocycles. The van der Waals surface area contributed by atoms with Crippen LogP contribution in [0.1, 0.15) is 30.9 Å². The lowest BCUT2D eigenvalue weighted by molar-refractivity contribution is 0.122. The molecule has 2 heterocycles. The molecule has 0 amide bonds. The summed E-state index contributed by atoms with van der Waals surface area (Å²) in [5.41, 5.74) is 9.38. The van der Waals surface area contributed by atoms with E-state index in [4.69, 9.17) is 10.5 Å². The number of aromatic nitrogens is 1. The predicted molar refractivity (Wildman–Crippen MR) is 122 cm³/mol. The monoisotopic (exact) mass is 481 g/mol. The van der Waals surface area contributed by atoms with E-state index in [0.29, 0.717) is 18.4 Å². The van der Waals surface area contributed by atoms with Gasteiger partial charge in [0.1, 0.15) is 5.82 Å². The standard InChI is InChI=1S/C20H27N5O.HI/c1-15(2)16-5-3-7-18(13-16)24-20(21)23-14-17-6-4-8-22-19(17)25-9-11-26-12-10-25;/h3-8,13,15H,9-12,14H2,1-2H3,(H3,21,23,24);1H. The van der Waals surface area contributed by atoms with Crippen LogP contribution in [-0.2, 0) is 11.3 Å². The number of hydrogen-bond acceptors (Lipinski definition) is 4. The fourth-order valence-electron chi connectivity index (χ4n) is 2.95. The summed E-state index contributed by atoms with van der Waals surface area (Å²) in [6.45, 7) is 8.00. The second-order valence-electron chi connectivity index (χ2n) is 6.69. The minimum atomic E-state index is 0. The molecule has 1 aromatic carbocycles. The maximum atomic E-state index is 6.09. The fourth-order valence-corrected chi connectivity index (χ4v) is 2.95. The highest BCUT2D eigenvalue weighted by molar-refractivity contribution is 14.0. The summed E-state index contributed by atoms with van der Waals surface area (Å²) in [6.07, 6.45) is 1.82. The number of ether oxygens (including phenoxy) is 1. The van der Waals surface area contributed by atoms with Gasteiger partial charge in [-0.1, -0.05) is 32.0 Å². The number of pyridine rings is 1. The molecule has 1 saturated heterocycles. The first kappa shape index (κ1) is 21.4. The van der Waals surface area contributed by atoms with Crippen molar-refractivity contribution in [1.82, 2.24) is 4.98 Å². The molecular weight excluding hydrogens is 453 g/mol. The van der Waals surface area contributed by atoms with Crippen LogP contribution >= 0.6 is 24.0 Å². The van der Waals surface area contributed by atoms with Crippen LogP contribution in [0, 0.1) is 0 Å². The van der Waals surface area contributed by atoms with Crippen molar-refractivity contribution in [3.05, 3.63) is 53.7 Å². The summed E-state index contributed by atoms with van der Waals surface area (Å²) in [7, 11) is 0. The van der Waals surface area contributed by atoms with E-state index in [1.807, 2.05) is 30.5 Å². The van der Waals surface area contributed by atoms with Gasteiger partial charge in [-0.3, -0.25) is 0 Å². The molecule has 0 unspecified atom stereocenters. The quantitative estimate of drug-likeness (QED) is 0.388. The Morgan fingerprint density at radius 2 is 2.04 bits per heavy atom. The van der Waals surface area contributed by atoms with Gasteiger partial charge in [0.25, 0.3) is 0 Å². The molecule has 1 aliphatic rings. The molecule has 146 valence electrons. The van der Waals surface area contributed by atoms with Gasteiger partial charge in [0.05, 0.1) is 19.8 Å². The van der Waals surface area contributed by atoms with Crippen molar-refractivity contribution in [3.63, 3.8) is 0 Å². The summed E-state index contributed by atoms with van der Waals surface area (Å²) >= 11 is 0. The summed E-state index contributed by atoms with van der Waals surface area (Å²) in [5, 5.41) is 3.18. The first-order chi connectivity index (χ1) is 12.6. The lowest BCUT2D eigenvalue weighted by Gasteiger charge is -2.29. The van der Waals surface area contributed by atoms with Gasteiger partial charge < -0.3 is 20.7 Å². The summed E-state index contributed by atoms with van der Waals surface area (Å²) < 4.78 is 5.43. The van der Waals surface area contributed by atoms with Crippen LogP contribution in [0.5, 0.6) is 0 Å². The summed E-state index contributed by atoms with van der Waals surface area (Å²) in [6, 6.07) is 12.2. The lowest BCUT2D eigenvalue weighted by Crippen LogP contribution is -2.37. The number of aliphatic imine (C=N–C) groups is 1. The van der Waals surface area contributed by atoms with E-state index < -0.39 is 0 Å². The van der Waals surface area contributed by atoms with Gasteiger partial charge in [-0.25, -0.2) is 9.98 Å². The van der Waals surface area contributed by atoms with Crippen LogP contribution in [0.4, 0.5) is 11.5 Å². The molecule has 1 fully saturated rings. The minimum Gasteiger partial charge on any atom is -0.378 e. The number of anilines is 2. The van der Waals surface area contributed by atoms with Crippen LogP contribution in [0.15, 0.2) is 47.6 Å². The van der Waals surface area contributed by atoms with E-state index in [-0.39, 0.29) is 24.0 Å². The molecule has 0 saturated carbocycles. The van der Waals surface area contributed by atoms with Crippen molar-refractivity contribution in [2.75, 3.05) is 36.5 Å². The summed E-state index contributed by atoms with van der Waals surface area (Å²) in [5.74, 6) is 1.85. The van der Waals surface area contributed by atoms with Crippen molar-refractivity contribution in [3.8, 4) is 0 Å². The number of rotatable bonds is 5. The fraction of sp³-hybridized carbons (Fsp3) is 0.400. The van der Waals surface area contributed by atoms with Gasteiger partial charge in [0.2, 0.25) is 0 Å². The van der Waals surface area contributed by atoms with E-state index in [2.05, 4.69) is 46.2 Å². The highest BCUT2D eigenvalue weighted by atomic mass is 127. The van der Waals surface area contributed by atoms with E-state index in [1.165, 1.54) is 5.56 Å². The van der Waals surface area contributed by atoms with Crippen LogP contribution in [0.3, 0.4) is 0 Å². The molecule has 27 heavy (non-hydrogen) atoms. The van der Waals surface area contributed by atoms with Crippen LogP contribution < -0.4 is 16.0 Å². The first-order valence-corrected chi connectivity index (χ1v) is 9.07. The Balaban J connectivity index is 0.00000261.